The Bertz CT molecular complexity index is 585. The number of methoxy groups -OCH3 is 1. The molecule has 2 fully saturated rings. The Labute approximate surface area is 149 Å². The van der Waals surface area contributed by atoms with Gasteiger partial charge in [0.2, 0.25) is 11.8 Å². The summed E-state index contributed by atoms with van der Waals surface area (Å²) in [5.74, 6) is 1.40. The zero-order chi connectivity index (χ0) is 17.6. The molecule has 1 saturated carbocycles. The van der Waals surface area contributed by atoms with Gasteiger partial charge in [-0.1, -0.05) is 25.0 Å². The number of hydrogen-bond donors (Lipinski definition) is 1. The molecule has 1 saturated heterocycles. The summed E-state index contributed by atoms with van der Waals surface area (Å²) in [5.41, 5.74) is 1.00. The number of likely N-dealkylation sites (tertiary alicyclic amines) is 1. The molecule has 1 N–H and O–H groups in total. The number of benzene rings is 1. The fourth-order valence-electron chi connectivity index (χ4n) is 3.81. The van der Waals surface area contributed by atoms with Crippen LogP contribution in [0, 0.1) is 5.92 Å². The number of nitrogens with zero attached hydrogens (tertiary/aromatic N) is 1. The van der Waals surface area contributed by atoms with Gasteiger partial charge in [-0.25, -0.2) is 0 Å². The van der Waals surface area contributed by atoms with Gasteiger partial charge in [0, 0.05) is 25.0 Å². The topological polar surface area (TPSA) is 58.6 Å². The fourth-order valence-corrected chi connectivity index (χ4v) is 3.81. The van der Waals surface area contributed by atoms with Gasteiger partial charge in [0.25, 0.3) is 0 Å². The summed E-state index contributed by atoms with van der Waals surface area (Å²) < 4.78 is 5.14. The van der Waals surface area contributed by atoms with Crippen molar-refractivity contribution < 1.29 is 14.3 Å². The first-order chi connectivity index (χ1) is 12.2. The van der Waals surface area contributed by atoms with E-state index in [1.165, 1.54) is 12.8 Å². The molecule has 25 heavy (non-hydrogen) atoms. The molecule has 0 spiro atoms. The standard InChI is InChI=1S/C20H28N2O3/c1-25-18-8-6-15(7-9-18)14-19(23)22-12-10-17(11-13-22)21-20(24)16-4-2-3-5-16/h6-9,16-17H,2-5,10-14H2,1H3,(H,21,24). The molecule has 0 bridgehead atoms. The molecule has 5 nitrogen and oxygen atoms in total. The van der Waals surface area contributed by atoms with Gasteiger partial charge in [0.15, 0.2) is 0 Å². The van der Waals surface area contributed by atoms with E-state index in [1.807, 2.05) is 29.2 Å². The van der Waals surface area contributed by atoms with Gasteiger partial charge in [0.1, 0.15) is 5.75 Å². The summed E-state index contributed by atoms with van der Waals surface area (Å²) in [7, 11) is 1.63. The molecular weight excluding hydrogens is 316 g/mol. The van der Waals surface area contributed by atoms with Crippen molar-refractivity contribution in [1.29, 1.82) is 0 Å². The van der Waals surface area contributed by atoms with Crippen molar-refractivity contribution in [3.8, 4) is 5.75 Å². The lowest BCUT2D eigenvalue weighted by molar-refractivity contribution is -0.131. The second-order valence-electron chi connectivity index (χ2n) is 7.17. The van der Waals surface area contributed by atoms with Crippen LogP contribution in [0.5, 0.6) is 5.75 Å². The van der Waals surface area contributed by atoms with Crippen LogP contribution in [-0.2, 0) is 16.0 Å². The zero-order valence-corrected chi connectivity index (χ0v) is 15.0. The third-order valence-corrected chi connectivity index (χ3v) is 5.43. The highest BCUT2D eigenvalue weighted by Crippen LogP contribution is 2.25. The maximum Gasteiger partial charge on any atom is 0.226 e. The number of rotatable bonds is 5. The molecular formula is C20H28N2O3. The van der Waals surface area contributed by atoms with Crippen LogP contribution < -0.4 is 10.1 Å². The summed E-state index contributed by atoms with van der Waals surface area (Å²) in [5, 5.41) is 3.19. The van der Waals surface area contributed by atoms with Crippen LogP contribution in [0.4, 0.5) is 0 Å². The third kappa shape index (κ3) is 4.74. The number of piperidine rings is 1. The molecule has 1 aliphatic heterocycles. The molecule has 0 atom stereocenters. The predicted octanol–water partition coefficient (Wildman–Crippen LogP) is 2.54. The molecule has 0 aromatic heterocycles. The van der Waals surface area contributed by atoms with Crippen LogP contribution in [0.3, 0.4) is 0 Å². The second-order valence-corrected chi connectivity index (χ2v) is 7.17. The van der Waals surface area contributed by atoms with Crippen LogP contribution >= 0.6 is 0 Å². The molecule has 3 rings (SSSR count). The summed E-state index contributed by atoms with van der Waals surface area (Å²) in [6.07, 6.45) is 6.55. The number of amides is 2. The van der Waals surface area contributed by atoms with Crippen molar-refractivity contribution in [2.75, 3.05) is 20.2 Å². The minimum absolute atomic E-state index is 0.158. The van der Waals surface area contributed by atoms with Crippen LogP contribution in [0.1, 0.15) is 44.1 Å². The number of nitrogens with one attached hydrogen (secondary N) is 1. The van der Waals surface area contributed by atoms with E-state index in [0.717, 1.165) is 50.1 Å². The van der Waals surface area contributed by atoms with Crippen molar-refractivity contribution in [2.45, 2.75) is 51.0 Å². The lowest BCUT2D eigenvalue weighted by atomic mass is 10.0. The van der Waals surface area contributed by atoms with Crippen molar-refractivity contribution in [3.63, 3.8) is 0 Å². The highest BCUT2D eigenvalue weighted by Gasteiger charge is 2.27. The quantitative estimate of drug-likeness (QED) is 0.893. The van der Waals surface area contributed by atoms with Crippen LogP contribution in [0.25, 0.3) is 0 Å². The molecule has 5 heteroatoms. The first-order valence-electron chi connectivity index (χ1n) is 9.37. The molecule has 1 aliphatic carbocycles. The van der Waals surface area contributed by atoms with Crippen LogP contribution in [0.2, 0.25) is 0 Å². The Morgan fingerprint density at radius 2 is 1.72 bits per heavy atom. The highest BCUT2D eigenvalue weighted by molar-refractivity contribution is 5.80. The van der Waals surface area contributed by atoms with Gasteiger partial charge in [-0.2, -0.15) is 0 Å². The first kappa shape index (κ1) is 17.8. The van der Waals surface area contributed by atoms with Crippen molar-refractivity contribution in [3.05, 3.63) is 29.8 Å². The van der Waals surface area contributed by atoms with Gasteiger partial charge in [-0.3, -0.25) is 9.59 Å². The Morgan fingerprint density at radius 1 is 1.08 bits per heavy atom. The molecule has 0 unspecified atom stereocenters. The average molecular weight is 344 g/mol. The smallest absolute Gasteiger partial charge is 0.226 e. The Morgan fingerprint density at radius 3 is 2.32 bits per heavy atom. The van der Waals surface area contributed by atoms with E-state index in [9.17, 15) is 9.59 Å². The molecule has 1 aromatic carbocycles. The molecule has 1 heterocycles. The van der Waals surface area contributed by atoms with Gasteiger partial charge >= 0.3 is 0 Å². The second kappa shape index (κ2) is 8.37. The van der Waals surface area contributed by atoms with E-state index >= 15 is 0 Å². The van der Waals surface area contributed by atoms with E-state index in [-0.39, 0.29) is 23.8 Å². The molecule has 2 aliphatic rings. The SMILES string of the molecule is COc1ccc(CC(=O)N2CCC(NC(=O)C3CCCC3)CC2)cc1. The van der Waals surface area contributed by atoms with E-state index in [0.29, 0.717) is 6.42 Å². The largest absolute Gasteiger partial charge is 0.497 e. The Hall–Kier alpha value is -2.04. The summed E-state index contributed by atoms with van der Waals surface area (Å²) in [6, 6.07) is 7.86. The predicted molar refractivity (Wildman–Crippen MR) is 96.4 cm³/mol. The van der Waals surface area contributed by atoms with E-state index in [4.69, 9.17) is 4.74 Å². The third-order valence-electron chi connectivity index (χ3n) is 5.43. The summed E-state index contributed by atoms with van der Waals surface area (Å²) in [4.78, 5) is 26.6. The first-order valence-corrected chi connectivity index (χ1v) is 9.37. The Balaban J connectivity index is 1.43. The minimum Gasteiger partial charge on any atom is -0.497 e. The highest BCUT2D eigenvalue weighted by atomic mass is 16.5. The normalized spacial score (nSPS) is 19.0. The maximum absolute atomic E-state index is 12.5. The molecule has 2 amide bonds. The van der Waals surface area contributed by atoms with E-state index in [1.54, 1.807) is 7.11 Å². The van der Waals surface area contributed by atoms with Crippen LogP contribution in [0.15, 0.2) is 24.3 Å². The van der Waals surface area contributed by atoms with Crippen LogP contribution in [-0.4, -0.2) is 43.0 Å². The van der Waals surface area contributed by atoms with Crippen molar-refractivity contribution in [1.82, 2.24) is 10.2 Å². The zero-order valence-electron chi connectivity index (χ0n) is 15.0. The summed E-state index contributed by atoms with van der Waals surface area (Å²) in [6.45, 7) is 1.45. The summed E-state index contributed by atoms with van der Waals surface area (Å²) >= 11 is 0. The van der Waals surface area contributed by atoms with Crippen molar-refractivity contribution >= 4 is 11.8 Å². The average Bonchev–Trinajstić information content (AvgIpc) is 3.18. The fraction of sp³-hybridized carbons (Fsp3) is 0.600. The number of carbonyl (C=O) groups excluding carboxylic acids is 2. The van der Waals surface area contributed by atoms with Gasteiger partial charge < -0.3 is 15.0 Å². The molecule has 1 aromatic rings. The van der Waals surface area contributed by atoms with Crippen molar-refractivity contribution in [2.24, 2.45) is 5.92 Å². The van der Waals surface area contributed by atoms with Gasteiger partial charge in [-0.15, -0.1) is 0 Å². The van der Waals surface area contributed by atoms with Gasteiger partial charge in [-0.05, 0) is 43.4 Å². The van der Waals surface area contributed by atoms with E-state index in [2.05, 4.69) is 5.32 Å². The van der Waals surface area contributed by atoms with Gasteiger partial charge in [0.05, 0.1) is 13.5 Å². The maximum atomic E-state index is 12.5. The lowest BCUT2D eigenvalue weighted by Gasteiger charge is -2.33. The number of carbonyl (C=O) groups is 2. The number of hydrogen-bond acceptors (Lipinski definition) is 3. The Kier molecular flexibility index (Phi) is 5.95. The monoisotopic (exact) mass is 344 g/mol. The number of ether oxygens (including phenoxy) is 1. The molecule has 0 radical (unpaired) electrons. The lowest BCUT2D eigenvalue weighted by Crippen LogP contribution is -2.48. The van der Waals surface area contributed by atoms with E-state index < -0.39 is 0 Å². The molecule has 136 valence electrons. The minimum atomic E-state index is 0.158.